The van der Waals surface area contributed by atoms with Gasteiger partial charge in [0.15, 0.2) is 11.5 Å². The molecule has 0 heterocycles. The quantitative estimate of drug-likeness (QED) is 0.438. The van der Waals surface area contributed by atoms with E-state index in [-0.39, 0.29) is 24.6 Å². The fourth-order valence-electron chi connectivity index (χ4n) is 2.88. The van der Waals surface area contributed by atoms with Crippen LogP contribution in [0.4, 0.5) is 4.39 Å². The van der Waals surface area contributed by atoms with E-state index in [2.05, 4.69) is 5.32 Å². The molecule has 0 aromatic heterocycles. The fourth-order valence-corrected chi connectivity index (χ4v) is 3.10. The number of ether oxygens (including phenoxy) is 2. The molecule has 0 aliphatic heterocycles. The minimum absolute atomic E-state index is 0. The summed E-state index contributed by atoms with van der Waals surface area (Å²) in [7, 11) is 1.54. The van der Waals surface area contributed by atoms with E-state index < -0.39 is 11.8 Å². The standard InChI is InChI=1S/C23H21ClFNO4.ClH/c1-29-22-11-16(13-26-12-15-5-8-17(9-6-15)23(27)28)7-10-21(22)30-14-18-19(24)3-2-4-20(18)25;/h2-11,26H,12-14H2,1H3,(H,27,28);1H. The molecule has 3 aromatic carbocycles. The van der Waals surface area contributed by atoms with E-state index in [0.29, 0.717) is 35.2 Å². The van der Waals surface area contributed by atoms with Crippen molar-refractivity contribution in [3.63, 3.8) is 0 Å². The lowest BCUT2D eigenvalue weighted by atomic mass is 10.1. The third-order valence-corrected chi connectivity index (χ3v) is 4.87. The summed E-state index contributed by atoms with van der Waals surface area (Å²) in [6.45, 7) is 1.16. The summed E-state index contributed by atoms with van der Waals surface area (Å²) in [6, 6.07) is 16.7. The molecule has 0 aliphatic carbocycles. The summed E-state index contributed by atoms with van der Waals surface area (Å²) >= 11 is 6.04. The molecule has 164 valence electrons. The first-order chi connectivity index (χ1) is 14.5. The predicted octanol–water partition coefficient (Wildman–Crippen LogP) is 5.48. The van der Waals surface area contributed by atoms with Crippen LogP contribution in [-0.2, 0) is 19.7 Å². The molecule has 0 spiro atoms. The molecule has 0 aliphatic rings. The largest absolute Gasteiger partial charge is 0.493 e. The van der Waals surface area contributed by atoms with E-state index in [1.165, 1.54) is 6.07 Å². The fraction of sp³-hybridized carbons (Fsp3) is 0.174. The van der Waals surface area contributed by atoms with Crippen LogP contribution in [0.15, 0.2) is 60.7 Å². The molecule has 0 fully saturated rings. The van der Waals surface area contributed by atoms with Gasteiger partial charge in [-0.05, 0) is 47.5 Å². The third-order valence-electron chi connectivity index (χ3n) is 4.52. The van der Waals surface area contributed by atoms with E-state index in [1.807, 2.05) is 12.1 Å². The molecule has 0 unspecified atom stereocenters. The maximum absolute atomic E-state index is 13.9. The zero-order chi connectivity index (χ0) is 21.5. The highest BCUT2D eigenvalue weighted by molar-refractivity contribution is 6.31. The Labute approximate surface area is 191 Å². The number of halogens is 3. The van der Waals surface area contributed by atoms with E-state index in [4.69, 9.17) is 26.2 Å². The molecule has 0 saturated heterocycles. The van der Waals surface area contributed by atoms with E-state index in [1.54, 1.807) is 49.6 Å². The molecule has 0 saturated carbocycles. The third kappa shape index (κ3) is 6.59. The number of carboxylic acid groups (broad SMARTS) is 1. The van der Waals surface area contributed by atoms with Gasteiger partial charge in [0.25, 0.3) is 0 Å². The summed E-state index contributed by atoms with van der Waals surface area (Å²) in [5.41, 5.74) is 2.51. The van der Waals surface area contributed by atoms with Gasteiger partial charge in [-0.15, -0.1) is 12.4 Å². The summed E-state index contributed by atoms with van der Waals surface area (Å²) in [4.78, 5) is 10.9. The maximum Gasteiger partial charge on any atom is 0.335 e. The first-order valence-electron chi connectivity index (χ1n) is 9.23. The van der Waals surface area contributed by atoms with Gasteiger partial charge < -0.3 is 19.9 Å². The van der Waals surface area contributed by atoms with Crippen molar-refractivity contribution >= 4 is 30.0 Å². The molecule has 2 N–H and O–H groups in total. The van der Waals surface area contributed by atoms with Crippen LogP contribution in [0.3, 0.4) is 0 Å². The Kier molecular flexibility index (Phi) is 9.12. The van der Waals surface area contributed by atoms with Gasteiger partial charge >= 0.3 is 5.97 Å². The van der Waals surface area contributed by atoms with Crippen LogP contribution < -0.4 is 14.8 Å². The monoisotopic (exact) mass is 465 g/mol. The lowest BCUT2D eigenvalue weighted by Crippen LogP contribution is -2.13. The Morgan fingerprint density at radius 1 is 1.03 bits per heavy atom. The molecule has 0 atom stereocenters. The van der Waals surface area contributed by atoms with Crippen molar-refractivity contribution in [1.82, 2.24) is 5.32 Å². The van der Waals surface area contributed by atoms with Crippen molar-refractivity contribution in [2.45, 2.75) is 19.7 Å². The second-order valence-corrected chi connectivity index (χ2v) is 6.99. The van der Waals surface area contributed by atoms with Gasteiger partial charge in [-0.3, -0.25) is 0 Å². The molecular weight excluding hydrogens is 444 g/mol. The highest BCUT2D eigenvalue weighted by Gasteiger charge is 2.11. The molecule has 0 radical (unpaired) electrons. The minimum Gasteiger partial charge on any atom is -0.493 e. The predicted molar refractivity (Wildman–Crippen MR) is 120 cm³/mol. The van der Waals surface area contributed by atoms with Crippen LogP contribution in [0.1, 0.15) is 27.0 Å². The van der Waals surface area contributed by atoms with Crippen LogP contribution in [-0.4, -0.2) is 18.2 Å². The zero-order valence-electron chi connectivity index (χ0n) is 16.7. The van der Waals surface area contributed by atoms with Gasteiger partial charge in [0.2, 0.25) is 0 Å². The van der Waals surface area contributed by atoms with Gasteiger partial charge in [0.1, 0.15) is 12.4 Å². The molecule has 8 heteroatoms. The number of benzene rings is 3. The summed E-state index contributed by atoms with van der Waals surface area (Å²) < 4.78 is 25.0. The van der Waals surface area contributed by atoms with Crippen LogP contribution >= 0.6 is 24.0 Å². The van der Waals surface area contributed by atoms with Gasteiger partial charge in [0.05, 0.1) is 17.7 Å². The second kappa shape index (κ2) is 11.6. The molecule has 0 amide bonds. The highest BCUT2D eigenvalue weighted by atomic mass is 35.5. The Balaban J connectivity index is 0.00000341. The van der Waals surface area contributed by atoms with Crippen LogP contribution in [0.2, 0.25) is 5.02 Å². The number of hydrogen-bond donors (Lipinski definition) is 2. The number of carboxylic acids is 1. The van der Waals surface area contributed by atoms with Gasteiger partial charge in [-0.25, -0.2) is 9.18 Å². The Hall–Kier alpha value is -2.80. The smallest absolute Gasteiger partial charge is 0.335 e. The van der Waals surface area contributed by atoms with E-state index in [9.17, 15) is 9.18 Å². The average molecular weight is 466 g/mol. The molecule has 3 aromatic rings. The number of carbonyl (C=O) groups is 1. The van der Waals surface area contributed by atoms with Crippen molar-refractivity contribution in [2.75, 3.05) is 7.11 Å². The van der Waals surface area contributed by atoms with Crippen LogP contribution in [0, 0.1) is 5.82 Å². The van der Waals surface area contributed by atoms with E-state index in [0.717, 1.165) is 11.1 Å². The van der Waals surface area contributed by atoms with Crippen molar-refractivity contribution in [3.8, 4) is 11.5 Å². The number of nitrogens with one attached hydrogen (secondary N) is 1. The minimum atomic E-state index is -0.943. The SMILES string of the molecule is COc1cc(CNCc2ccc(C(=O)O)cc2)ccc1OCc1c(F)cccc1Cl.Cl. The van der Waals surface area contributed by atoms with Crippen molar-refractivity contribution < 1.29 is 23.8 Å². The zero-order valence-corrected chi connectivity index (χ0v) is 18.3. The maximum atomic E-state index is 13.9. The number of methoxy groups -OCH3 is 1. The summed E-state index contributed by atoms with van der Waals surface area (Å²) in [5.74, 6) is -0.336. The lowest BCUT2D eigenvalue weighted by Gasteiger charge is -2.14. The molecule has 3 rings (SSSR count). The van der Waals surface area contributed by atoms with Crippen molar-refractivity contribution in [1.29, 1.82) is 0 Å². The number of aromatic carboxylic acids is 1. The first-order valence-corrected chi connectivity index (χ1v) is 9.61. The Morgan fingerprint density at radius 2 is 1.71 bits per heavy atom. The van der Waals surface area contributed by atoms with Gasteiger partial charge in [-0.1, -0.05) is 35.9 Å². The molecular formula is C23H22Cl2FNO4. The number of rotatable bonds is 9. The van der Waals surface area contributed by atoms with Gasteiger partial charge in [-0.2, -0.15) is 0 Å². The van der Waals surface area contributed by atoms with Crippen LogP contribution in [0.5, 0.6) is 11.5 Å². The van der Waals surface area contributed by atoms with Crippen LogP contribution in [0.25, 0.3) is 0 Å². The van der Waals surface area contributed by atoms with Gasteiger partial charge in [0, 0.05) is 18.7 Å². The molecule has 5 nitrogen and oxygen atoms in total. The first kappa shape index (κ1) is 24.5. The van der Waals surface area contributed by atoms with Crippen molar-refractivity contribution in [2.24, 2.45) is 0 Å². The second-order valence-electron chi connectivity index (χ2n) is 6.58. The lowest BCUT2D eigenvalue weighted by molar-refractivity contribution is 0.0697. The average Bonchev–Trinajstić information content (AvgIpc) is 2.74. The summed E-state index contributed by atoms with van der Waals surface area (Å²) in [5, 5.41) is 12.6. The van der Waals surface area contributed by atoms with Crippen molar-refractivity contribution in [3.05, 3.63) is 93.8 Å². The normalized spacial score (nSPS) is 10.3. The molecule has 0 bridgehead atoms. The summed E-state index contributed by atoms with van der Waals surface area (Å²) in [6.07, 6.45) is 0. The highest BCUT2D eigenvalue weighted by Crippen LogP contribution is 2.30. The topological polar surface area (TPSA) is 67.8 Å². The Morgan fingerprint density at radius 3 is 2.35 bits per heavy atom. The Bertz CT molecular complexity index is 1010. The number of hydrogen-bond acceptors (Lipinski definition) is 4. The van der Waals surface area contributed by atoms with E-state index >= 15 is 0 Å². The molecule has 31 heavy (non-hydrogen) atoms.